The first-order valence-electron chi connectivity index (χ1n) is 6.66. The minimum absolute atomic E-state index is 0.0273. The molecule has 0 aromatic carbocycles. The summed E-state index contributed by atoms with van der Waals surface area (Å²) in [6.45, 7) is 3.75. The molecule has 0 aliphatic carbocycles. The number of nitrogens with zero attached hydrogens (tertiary/aromatic N) is 3. The third-order valence-corrected chi connectivity index (χ3v) is 4.91. The Morgan fingerprint density at radius 2 is 2.14 bits per heavy atom. The van der Waals surface area contributed by atoms with E-state index in [1.165, 1.54) is 21.4 Å². The molecule has 0 amide bonds. The maximum absolute atomic E-state index is 12.5. The molecule has 1 heterocycles. The van der Waals surface area contributed by atoms with Gasteiger partial charge >= 0.3 is 5.97 Å². The molecule has 0 unspecified atom stereocenters. The molecule has 0 bridgehead atoms. The SMILES string of the molecule is CC(C)N(CCCO)S(=O)(=O)c1cnn(CCC(=O)O)c1. The normalized spacial score (nSPS) is 12.2. The lowest BCUT2D eigenvalue weighted by Crippen LogP contribution is -2.37. The van der Waals surface area contributed by atoms with Crippen LogP contribution in [0.5, 0.6) is 0 Å². The Bertz CT molecular complexity index is 567. The van der Waals surface area contributed by atoms with Crippen LogP contribution < -0.4 is 0 Å². The minimum atomic E-state index is -3.70. The summed E-state index contributed by atoms with van der Waals surface area (Å²) < 4.78 is 27.6. The van der Waals surface area contributed by atoms with Gasteiger partial charge in [-0.15, -0.1) is 0 Å². The molecule has 0 spiro atoms. The van der Waals surface area contributed by atoms with Gasteiger partial charge < -0.3 is 10.2 Å². The zero-order valence-corrected chi connectivity index (χ0v) is 13.0. The second-order valence-electron chi connectivity index (χ2n) is 4.87. The number of aliphatic carboxylic acids is 1. The second-order valence-corrected chi connectivity index (χ2v) is 6.76. The van der Waals surface area contributed by atoms with Crippen LogP contribution in [0.1, 0.15) is 26.7 Å². The molecule has 21 heavy (non-hydrogen) atoms. The Morgan fingerprint density at radius 1 is 1.48 bits per heavy atom. The molecule has 120 valence electrons. The van der Waals surface area contributed by atoms with E-state index in [-0.39, 0.29) is 37.1 Å². The van der Waals surface area contributed by atoms with Crippen LogP contribution in [0.25, 0.3) is 0 Å². The van der Waals surface area contributed by atoms with E-state index in [4.69, 9.17) is 10.2 Å². The van der Waals surface area contributed by atoms with Gasteiger partial charge in [0.2, 0.25) is 10.0 Å². The molecule has 0 aliphatic heterocycles. The van der Waals surface area contributed by atoms with Gasteiger partial charge in [-0.05, 0) is 20.3 Å². The molecule has 0 fully saturated rings. The predicted octanol–water partition coefficient (Wildman–Crippen LogP) is 0.139. The molecule has 1 aromatic rings. The Kier molecular flexibility index (Phi) is 6.31. The highest BCUT2D eigenvalue weighted by Gasteiger charge is 2.27. The van der Waals surface area contributed by atoms with E-state index in [9.17, 15) is 13.2 Å². The largest absolute Gasteiger partial charge is 0.481 e. The van der Waals surface area contributed by atoms with E-state index in [0.717, 1.165) is 0 Å². The van der Waals surface area contributed by atoms with Crippen LogP contribution in [0.15, 0.2) is 17.3 Å². The van der Waals surface area contributed by atoms with Gasteiger partial charge in [0.25, 0.3) is 0 Å². The van der Waals surface area contributed by atoms with E-state index in [1.54, 1.807) is 13.8 Å². The monoisotopic (exact) mass is 319 g/mol. The number of aliphatic hydroxyl groups excluding tert-OH is 1. The second kappa shape index (κ2) is 7.53. The number of carboxylic acids is 1. The number of hydrogen-bond donors (Lipinski definition) is 2. The number of aliphatic hydroxyl groups is 1. The summed E-state index contributed by atoms with van der Waals surface area (Å²) in [6, 6.07) is -0.246. The van der Waals surface area contributed by atoms with Crippen molar-refractivity contribution >= 4 is 16.0 Å². The van der Waals surface area contributed by atoms with Crippen molar-refractivity contribution in [2.45, 2.75) is 44.2 Å². The van der Waals surface area contributed by atoms with Crippen molar-refractivity contribution in [3.05, 3.63) is 12.4 Å². The van der Waals surface area contributed by atoms with Crippen LogP contribution in [0.4, 0.5) is 0 Å². The van der Waals surface area contributed by atoms with Crippen LogP contribution in [-0.4, -0.2) is 57.9 Å². The van der Waals surface area contributed by atoms with Crippen molar-refractivity contribution < 1.29 is 23.4 Å². The maximum atomic E-state index is 12.5. The number of sulfonamides is 1. The molecule has 9 heteroatoms. The Labute approximate surface area is 124 Å². The van der Waals surface area contributed by atoms with Crippen LogP contribution in [0.3, 0.4) is 0 Å². The number of carboxylic acid groups (broad SMARTS) is 1. The Balaban J connectivity index is 2.92. The van der Waals surface area contributed by atoms with Crippen LogP contribution in [0, 0.1) is 0 Å². The topological polar surface area (TPSA) is 113 Å². The van der Waals surface area contributed by atoms with Crippen LogP contribution in [-0.2, 0) is 21.4 Å². The zero-order valence-electron chi connectivity index (χ0n) is 12.1. The lowest BCUT2D eigenvalue weighted by atomic mass is 10.3. The zero-order chi connectivity index (χ0) is 16.0. The highest BCUT2D eigenvalue weighted by Crippen LogP contribution is 2.18. The highest BCUT2D eigenvalue weighted by molar-refractivity contribution is 7.89. The average Bonchev–Trinajstić information content (AvgIpc) is 2.85. The fraction of sp³-hybridized carbons (Fsp3) is 0.667. The van der Waals surface area contributed by atoms with Gasteiger partial charge in [0.15, 0.2) is 0 Å². The Hall–Kier alpha value is -1.45. The van der Waals surface area contributed by atoms with Gasteiger partial charge in [-0.1, -0.05) is 0 Å². The van der Waals surface area contributed by atoms with E-state index in [1.807, 2.05) is 0 Å². The van der Waals surface area contributed by atoms with Crippen molar-refractivity contribution in [3.8, 4) is 0 Å². The fourth-order valence-electron chi connectivity index (χ4n) is 1.83. The molecule has 0 saturated heterocycles. The number of carbonyl (C=O) groups is 1. The van der Waals surface area contributed by atoms with Crippen molar-refractivity contribution in [2.24, 2.45) is 0 Å². The minimum Gasteiger partial charge on any atom is -0.481 e. The van der Waals surface area contributed by atoms with Gasteiger partial charge in [0.1, 0.15) is 4.90 Å². The summed E-state index contributed by atoms with van der Waals surface area (Å²) in [4.78, 5) is 10.5. The molecule has 0 atom stereocenters. The summed E-state index contributed by atoms with van der Waals surface area (Å²) >= 11 is 0. The first-order chi connectivity index (χ1) is 9.78. The van der Waals surface area contributed by atoms with Gasteiger partial charge in [-0.25, -0.2) is 8.42 Å². The van der Waals surface area contributed by atoms with Crippen molar-refractivity contribution in [1.82, 2.24) is 14.1 Å². The fourth-order valence-corrected chi connectivity index (χ4v) is 3.46. The van der Waals surface area contributed by atoms with Crippen LogP contribution >= 0.6 is 0 Å². The lowest BCUT2D eigenvalue weighted by molar-refractivity contribution is -0.137. The van der Waals surface area contributed by atoms with Crippen molar-refractivity contribution in [2.75, 3.05) is 13.2 Å². The summed E-state index contributed by atoms with van der Waals surface area (Å²) in [7, 11) is -3.70. The van der Waals surface area contributed by atoms with E-state index in [0.29, 0.717) is 6.42 Å². The van der Waals surface area contributed by atoms with E-state index >= 15 is 0 Å². The number of rotatable bonds is 9. The van der Waals surface area contributed by atoms with Crippen LogP contribution in [0.2, 0.25) is 0 Å². The smallest absolute Gasteiger partial charge is 0.305 e. The van der Waals surface area contributed by atoms with Gasteiger partial charge in [-0.3, -0.25) is 9.48 Å². The predicted molar refractivity (Wildman–Crippen MR) is 75.2 cm³/mol. The molecule has 0 aliphatic rings. The van der Waals surface area contributed by atoms with E-state index < -0.39 is 16.0 Å². The molecular weight excluding hydrogens is 298 g/mol. The maximum Gasteiger partial charge on any atom is 0.305 e. The first-order valence-corrected chi connectivity index (χ1v) is 8.10. The molecule has 1 aromatic heterocycles. The van der Waals surface area contributed by atoms with E-state index in [2.05, 4.69) is 5.10 Å². The molecule has 1 rings (SSSR count). The number of aryl methyl sites for hydroxylation is 1. The Morgan fingerprint density at radius 3 is 2.67 bits per heavy atom. The molecule has 0 saturated carbocycles. The standard InChI is InChI=1S/C12H21N3O5S/c1-10(2)15(5-3-7-16)21(19,20)11-8-13-14(9-11)6-4-12(17)18/h8-10,16H,3-7H2,1-2H3,(H,17,18). The summed E-state index contributed by atoms with van der Waals surface area (Å²) in [5.41, 5.74) is 0. The lowest BCUT2D eigenvalue weighted by Gasteiger charge is -2.24. The number of hydrogen-bond acceptors (Lipinski definition) is 5. The average molecular weight is 319 g/mol. The molecule has 2 N–H and O–H groups in total. The first kappa shape index (κ1) is 17.6. The highest BCUT2D eigenvalue weighted by atomic mass is 32.2. The molecular formula is C12H21N3O5S. The summed E-state index contributed by atoms with van der Waals surface area (Å²) in [6.07, 6.45) is 2.77. The van der Waals surface area contributed by atoms with Gasteiger partial charge in [-0.2, -0.15) is 9.40 Å². The molecule has 8 nitrogen and oxygen atoms in total. The van der Waals surface area contributed by atoms with Gasteiger partial charge in [0.05, 0.1) is 19.2 Å². The quantitative estimate of drug-likeness (QED) is 0.669. The van der Waals surface area contributed by atoms with Gasteiger partial charge in [0, 0.05) is 25.4 Å². The summed E-state index contributed by atoms with van der Waals surface area (Å²) in [5, 5.41) is 21.3. The van der Waals surface area contributed by atoms with Crippen molar-refractivity contribution in [3.63, 3.8) is 0 Å². The third-order valence-electron chi connectivity index (χ3n) is 2.88. The summed E-state index contributed by atoms with van der Waals surface area (Å²) in [5.74, 6) is -0.971. The number of aromatic nitrogens is 2. The third kappa shape index (κ3) is 4.80. The van der Waals surface area contributed by atoms with Crippen molar-refractivity contribution in [1.29, 1.82) is 0 Å². The molecule has 0 radical (unpaired) electrons.